The molecule has 1 aliphatic heterocycles. The van der Waals surface area contributed by atoms with Crippen molar-refractivity contribution in [3.63, 3.8) is 0 Å². The van der Waals surface area contributed by atoms with Crippen LogP contribution >= 0.6 is 11.3 Å². The van der Waals surface area contributed by atoms with E-state index in [0.717, 1.165) is 56.4 Å². The molecule has 6 nitrogen and oxygen atoms in total. The summed E-state index contributed by atoms with van der Waals surface area (Å²) in [6, 6.07) is 0.277. The topological polar surface area (TPSA) is 66.5 Å². The van der Waals surface area contributed by atoms with Crippen molar-refractivity contribution < 1.29 is 9.53 Å². The van der Waals surface area contributed by atoms with Gasteiger partial charge in [-0.1, -0.05) is 19.3 Å². The fourth-order valence-corrected chi connectivity index (χ4v) is 3.86. The lowest BCUT2D eigenvalue weighted by molar-refractivity contribution is 0.0337. The molecule has 0 radical (unpaired) electrons. The monoisotopic (exact) mass is 338 g/mol. The summed E-state index contributed by atoms with van der Waals surface area (Å²) >= 11 is 1.61. The van der Waals surface area contributed by atoms with Gasteiger partial charge in [-0.3, -0.25) is 4.90 Å². The van der Waals surface area contributed by atoms with E-state index in [1.165, 1.54) is 19.3 Å². The Balaban J connectivity index is 1.38. The Morgan fingerprint density at radius 1 is 1.30 bits per heavy atom. The number of carbonyl (C=O) groups is 1. The van der Waals surface area contributed by atoms with Crippen molar-refractivity contribution in [2.45, 2.75) is 51.2 Å². The second kappa shape index (κ2) is 8.61. The maximum atomic E-state index is 11.9. The summed E-state index contributed by atoms with van der Waals surface area (Å²) < 4.78 is 5.36. The highest BCUT2D eigenvalue weighted by molar-refractivity contribution is 7.09. The maximum Gasteiger partial charge on any atom is 0.315 e. The Morgan fingerprint density at radius 3 is 2.87 bits per heavy atom. The van der Waals surface area contributed by atoms with Gasteiger partial charge in [-0.25, -0.2) is 9.78 Å². The fraction of sp³-hybridized carbons (Fsp3) is 0.750. The summed E-state index contributed by atoms with van der Waals surface area (Å²) in [4.78, 5) is 18.9. The molecule has 0 aromatic carbocycles. The van der Waals surface area contributed by atoms with E-state index in [4.69, 9.17) is 4.74 Å². The number of nitrogens with zero attached hydrogens (tertiary/aromatic N) is 2. The van der Waals surface area contributed by atoms with Crippen LogP contribution in [0.5, 0.6) is 0 Å². The van der Waals surface area contributed by atoms with E-state index in [-0.39, 0.29) is 6.03 Å². The molecule has 0 atom stereocenters. The quantitative estimate of drug-likeness (QED) is 0.863. The van der Waals surface area contributed by atoms with Gasteiger partial charge in [0, 0.05) is 31.1 Å². The molecule has 1 saturated carbocycles. The van der Waals surface area contributed by atoms with E-state index in [2.05, 4.69) is 25.9 Å². The standard InChI is InChI=1S/C16H26N4O2S/c21-16(19-13-4-2-1-3-5-13)17-10-15-18-14(12-23-15)11-20-6-8-22-9-7-20/h12-13H,1-11H2,(H2,17,19,21). The Bertz CT molecular complexity index is 496. The highest BCUT2D eigenvalue weighted by Crippen LogP contribution is 2.17. The van der Waals surface area contributed by atoms with Crippen molar-refractivity contribution in [3.05, 3.63) is 16.1 Å². The van der Waals surface area contributed by atoms with Crippen LogP contribution in [0.25, 0.3) is 0 Å². The molecule has 2 aliphatic rings. The Morgan fingerprint density at radius 2 is 2.09 bits per heavy atom. The first-order valence-electron chi connectivity index (χ1n) is 8.57. The smallest absolute Gasteiger partial charge is 0.315 e. The third kappa shape index (κ3) is 5.44. The zero-order valence-corrected chi connectivity index (χ0v) is 14.4. The van der Waals surface area contributed by atoms with Crippen LogP contribution in [0.3, 0.4) is 0 Å². The van der Waals surface area contributed by atoms with Crippen molar-refractivity contribution >= 4 is 17.4 Å². The molecular formula is C16H26N4O2S. The number of rotatable bonds is 5. The van der Waals surface area contributed by atoms with E-state index in [0.29, 0.717) is 12.6 Å². The summed E-state index contributed by atoms with van der Waals surface area (Å²) in [6.07, 6.45) is 5.96. The van der Waals surface area contributed by atoms with Gasteiger partial charge in [0.1, 0.15) is 5.01 Å². The normalized spacial score (nSPS) is 20.3. The molecule has 128 valence electrons. The van der Waals surface area contributed by atoms with Gasteiger partial charge < -0.3 is 15.4 Å². The van der Waals surface area contributed by atoms with Crippen LogP contribution in [0, 0.1) is 0 Å². The number of hydrogen-bond donors (Lipinski definition) is 2. The lowest BCUT2D eigenvalue weighted by Gasteiger charge is -2.25. The van der Waals surface area contributed by atoms with Crippen LogP contribution in [0.1, 0.15) is 42.8 Å². The van der Waals surface area contributed by atoms with Crippen molar-refractivity contribution in [3.8, 4) is 0 Å². The zero-order chi connectivity index (χ0) is 15.9. The number of morpholine rings is 1. The molecule has 0 unspecified atom stereocenters. The molecule has 0 spiro atoms. The number of hydrogen-bond acceptors (Lipinski definition) is 5. The number of aromatic nitrogens is 1. The van der Waals surface area contributed by atoms with E-state index in [1.807, 2.05) is 0 Å². The summed E-state index contributed by atoms with van der Waals surface area (Å²) in [6.45, 7) is 4.92. The molecule has 2 N–H and O–H groups in total. The Kier molecular flexibility index (Phi) is 6.24. The maximum absolute atomic E-state index is 11.9. The largest absolute Gasteiger partial charge is 0.379 e. The van der Waals surface area contributed by atoms with E-state index < -0.39 is 0 Å². The highest BCUT2D eigenvalue weighted by atomic mass is 32.1. The van der Waals surface area contributed by atoms with Crippen LogP contribution in [0.4, 0.5) is 4.79 Å². The summed E-state index contributed by atoms with van der Waals surface area (Å²) in [5, 5.41) is 9.05. The van der Waals surface area contributed by atoms with Gasteiger partial charge in [-0.15, -0.1) is 11.3 Å². The average molecular weight is 338 g/mol. The number of nitrogens with one attached hydrogen (secondary N) is 2. The molecule has 7 heteroatoms. The molecule has 3 rings (SSSR count). The molecule has 2 amide bonds. The van der Waals surface area contributed by atoms with Gasteiger partial charge in [0.05, 0.1) is 25.5 Å². The molecule has 1 aliphatic carbocycles. The Hall–Kier alpha value is -1.18. The molecule has 1 aromatic heterocycles. The molecule has 1 aromatic rings. The molecule has 0 bridgehead atoms. The highest BCUT2D eigenvalue weighted by Gasteiger charge is 2.16. The van der Waals surface area contributed by atoms with Crippen molar-refractivity contribution in [1.29, 1.82) is 0 Å². The minimum absolute atomic E-state index is 0.0678. The third-order valence-corrected chi connectivity index (χ3v) is 5.33. The van der Waals surface area contributed by atoms with E-state index in [9.17, 15) is 4.79 Å². The number of carbonyl (C=O) groups excluding carboxylic acids is 1. The number of thiazole rings is 1. The fourth-order valence-electron chi connectivity index (χ4n) is 3.13. The van der Waals surface area contributed by atoms with Crippen LogP contribution in [0.15, 0.2) is 5.38 Å². The molecular weight excluding hydrogens is 312 g/mol. The lowest BCUT2D eigenvalue weighted by atomic mass is 9.96. The van der Waals surface area contributed by atoms with Gasteiger partial charge in [0.2, 0.25) is 0 Å². The second-order valence-corrected chi connectivity index (χ2v) is 7.23. The number of ether oxygens (including phenoxy) is 1. The minimum atomic E-state index is -0.0678. The van der Waals surface area contributed by atoms with Crippen LogP contribution in [-0.4, -0.2) is 48.3 Å². The first-order chi connectivity index (χ1) is 11.3. The van der Waals surface area contributed by atoms with Crippen LogP contribution in [-0.2, 0) is 17.8 Å². The van der Waals surface area contributed by atoms with Crippen LogP contribution in [0.2, 0.25) is 0 Å². The summed E-state index contributed by atoms with van der Waals surface area (Å²) in [5.74, 6) is 0. The first-order valence-corrected chi connectivity index (χ1v) is 9.45. The molecule has 2 heterocycles. The van der Waals surface area contributed by atoms with Crippen molar-refractivity contribution in [2.75, 3.05) is 26.3 Å². The summed E-state index contributed by atoms with van der Waals surface area (Å²) in [5.41, 5.74) is 1.08. The first kappa shape index (κ1) is 16.7. The predicted octanol–water partition coefficient (Wildman–Crippen LogP) is 2.11. The number of amides is 2. The van der Waals surface area contributed by atoms with Crippen molar-refractivity contribution in [1.82, 2.24) is 20.5 Å². The average Bonchev–Trinajstić information content (AvgIpc) is 3.02. The SMILES string of the molecule is O=C(NCc1nc(CN2CCOCC2)cs1)NC1CCCCC1. The zero-order valence-electron chi connectivity index (χ0n) is 13.6. The predicted molar refractivity (Wildman–Crippen MR) is 90.5 cm³/mol. The lowest BCUT2D eigenvalue weighted by Crippen LogP contribution is -2.42. The van der Waals surface area contributed by atoms with Gasteiger partial charge in [0.15, 0.2) is 0 Å². The van der Waals surface area contributed by atoms with Crippen LogP contribution < -0.4 is 10.6 Å². The molecule has 1 saturated heterocycles. The molecule has 23 heavy (non-hydrogen) atoms. The third-order valence-electron chi connectivity index (χ3n) is 4.43. The Labute approximate surface area is 141 Å². The minimum Gasteiger partial charge on any atom is -0.379 e. The molecule has 2 fully saturated rings. The number of urea groups is 1. The second-order valence-electron chi connectivity index (χ2n) is 6.28. The van der Waals surface area contributed by atoms with Gasteiger partial charge in [-0.05, 0) is 12.8 Å². The summed E-state index contributed by atoms with van der Waals surface area (Å²) in [7, 11) is 0. The van der Waals surface area contributed by atoms with Gasteiger partial charge in [-0.2, -0.15) is 0 Å². The van der Waals surface area contributed by atoms with Gasteiger partial charge in [0.25, 0.3) is 0 Å². The van der Waals surface area contributed by atoms with Gasteiger partial charge >= 0.3 is 6.03 Å². The van der Waals surface area contributed by atoms with Crippen molar-refractivity contribution in [2.24, 2.45) is 0 Å². The van der Waals surface area contributed by atoms with E-state index >= 15 is 0 Å². The van der Waals surface area contributed by atoms with E-state index in [1.54, 1.807) is 11.3 Å².